The van der Waals surface area contributed by atoms with E-state index in [4.69, 9.17) is 5.11 Å². The Bertz CT molecular complexity index is 484. The van der Waals surface area contributed by atoms with Crippen LogP contribution in [-0.2, 0) is 6.54 Å². The highest BCUT2D eigenvalue weighted by Gasteiger charge is 2.17. The second-order valence-corrected chi connectivity index (χ2v) is 6.31. The first-order valence-corrected chi connectivity index (χ1v) is 8.15. The maximum Gasteiger partial charge on any atom is 0.335 e. The van der Waals surface area contributed by atoms with Crippen molar-refractivity contribution in [2.45, 2.75) is 52.5 Å². The van der Waals surface area contributed by atoms with Gasteiger partial charge in [-0.1, -0.05) is 25.8 Å². The molecule has 0 bridgehead atoms. The molecule has 21 heavy (non-hydrogen) atoms. The predicted octanol–water partition coefficient (Wildman–Crippen LogP) is 4.10. The number of aromatic carboxylic acids is 1. The van der Waals surface area contributed by atoms with E-state index in [1.807, 2.05) is 13.0 Å². The Hall–Kier alpha value is -1.35. The van der Waals surface area contributed by atoms with Crippen LogP contribution >= 0.6 is 0 Å². The summed E-state index contributed by atoms with van der Waals surface area (Å²) in [6.45, 7) is 7.57. The van der Waals surface area contributed by atoms with Crippen molar-refractivity contribution in [3.63, 3.8) is 0 Å². The highest BCUT2D eigenvalue weighted by molar-refractivity contribution is 5.87. The molecule has 1 fully saturated rings. The number of rotatable bonds is 5. The first-order valence-electron chi connectivity index (χ1n) is 8.15. The van der Waals surface area contributed by atoms with Crippen molar-refractivity contribution in [1.29, 1.82) is 0 Å². The minimum absolute atomic E-state index is 0.384. The van der Waals surface area contributed by atoms with Gasteiger partial charge in [-0.25, -0.2) is 4.79 Å². The minimum atomic E-state index is -0.846. The van der Waals surface area contributed by atoms with E-state index >= 15 is 0 Å². The second-order valence-electron chi connectivity index (χ2n) is 6.31. The fraction of sp³-hybridized carbons (Fsp3) is 0.611. The van der Waals surface area contributed by atoms with E-state index in [0.717, 1.165) is 18.0 Å². The molecule has 0 saturated carbocycles. The number of likely N-dealkylation sites (tertiary alicyclic amines) is 1. The summed E-state index contributed by atoms with van der Waals surface area (Å²) in [6.07, 6.45) is 6.61. The molecular formula is C18H27NO2. The van der Waals surface area contributed by atoms with Gasteiger partial charge in [-0.05, 0) is 68.5 Å². The standard InChI is InChI=1S/C18H27NO2/c1-3-5-15-6-4-10-19(11-9-15)13-17-8-7-16(18(20)21)12-14(17)2/h7-8,12,15H,3-6,9-11,13H2,1-2H3,(H,20,21). The fourth-order valence-corrected chi connectivity index (χ4v) is 3.33. The van der Waals surface area contributed by atoms with Gasteiger partial charge in [0.05, 0.1) is 5.56 Å². The Morgan fingerprint density at radius 3 is 2.81 bits per heavy atom. The van der Waals surface area contributed by atoms with Crippen molar-refractivity contribution in [3.8, 4) is 0 Å². The Labute approximate surface area is 128 Å². The predicted molar refractivity (Wildman–Crippen MR) is 85.7 cm³/mol. The molecule has 1 aromatic rings. The van der Waals surface area contributed by atoms with Crippen LogP contribution < -0.4 is 0 Å². The zero-order valence-electron chi connectivity index (χ0n) is 13.3. The molecule has 3 nitrogen and oxygen atoms in total. The molecule has 0 spiro atoms. The zero-order chi connectivity index (χ0) is 15.2. The van der Waals surface area contributed by atoms with Gasteiger partial charge in [0.25, 0.3) is 0 Å². The molecule has 1 atom stereocenters. The maximum absolute atomic E-state index is 11.0. The summed E-state index contributed by atoms with van der Waals surface area (Å²) in [5, 5.41) is 9.03. The van der Waals surface area contributed by atoms with Crippen molar-refractivity contribution in [3.05, 3.63) is 34.9 Å². The molecule has 0 amide bonds. The van der Waals surface area contributed by atoms with Gasteiger partial charge < -0.3 is 5.11 Å². The minimum Gasteiger partial charge on any atom is -0.478 e. The number of carboxylic acid groups (broad SMARTS) is 1. The summed E-state index contributed by atoms with van der Waals surface area (Å²) in [4.78, 5) is 13.5. The van der Waals surface area contributed by atoms with E-state index in [1.54, 1.807) is 12.1 Å². The summed E-state index contributed by atoms with van der Waals surface area (Å²) in [5.74, 6) is 0.0531. The first kappa shape index (κ1) is 16.0. The Morgan fingerprint density at radius 1 is 1.33 bits per heavy atom. The molecule has 1 unspecified atom stereocenters. The van der Waals surface area contributed by atoms with Crippen LogP contribution in [-0.4, -0.2) is 29.1 Å². The molecular weight excluding hydrogens is 262 g/mol. The van der Waals surface area contributed by atoms with Gasteiger partial charge in [0.15, 0.2) is 0 Å². The molecule has 1 heterocycles. The number of carboxylic acids is 1. The van der Waals surface area contributed by atoms with E-state index in [9.17, 15) is 4.79 Å². The average molecular weight is 289 g/mol. The fourth-order valence-electron chi connectivity index (χ4n) is 3.33. The third kappa shape index (κ3) is 4.57. The lowest BCUT2D eigenvalue weighted by Gasteiger charge is -2.21. The maximum atomic E-state index is 11.0. The molecule has 3 heteroatoms. The van der Waals surface area contributed by atoms with E-state index in [1.165, 1.54) is 50.8 Å². The molecule has 0 radical (unpaired) electrons. The third-order valence-corrected chi connectivity index (χ3v) is 4.62. The van der Waals surface area contributed by atoms with Crippen molar-refractivity contribution in [2.75, 3.05) is 13.1 Å². The molecule has 0 aromatic heterocycles. The molecule has 1 aliphatic rings. The number of hydrogen-bond donors (Lipinski definition) is 1. The molecule has 1 saturated heterocycles. The van der Waals surface area contributed by atoms with Crippen molar-refractivity contribution >= 4 is 5.97 Å². The molecule has 0 aliphatic carbocycles. The SMILES string of the molecule is CCCC1CCCN(Cc2ccc(C(=O)O)cc2C)CC1. The lowest BCUT2D eigenvalue weighted by molar-refractivity contribution is 0.0696. The molecule has 2 rings (SSSR count). The van der Waals surface area contributed by atoms with Crippen molar-refractivity contribution < 1.29 is 9.90 Å². The Kier molecular flexibility index (Phi) is 5.80. The van der Waals surface area contributed by atoms with Crippen LogP contribution in [0.4, 0.5) is 0 Å². The highest BCUT2D eigenvalue weighted by Crippen LogP contribution is 2.23. The summed E-state index contributed by atoms with van der Waals surface area (Å²) >= 11 is 0. The molecule has 1 aromatic carbocycles. The number of hydrogen-bond acceptors (Lipinski definition) is 2. The van der Waals surface area contributed by atoms with Gasteiger partial charge in [-0.2, -0.15) is 0 Å². The number of aryl methyl sites for hydroxylation is 1. The topological polar surface area (TPSA) is 40.5 Å². The smallest absolute Gasteiger partial charge is 0.335 e. The normalized spacial score (nSPS) is 20.2. The van der Waals surface area contributed by atoms with Gasteiger partial charge in [0.1, 0.15) is 0 Å². The van der Waals surface area contributed by atoms with E-state index in [-0.39, 0.29) is 0 Å². The molecule has 1 N–H and O–H groups in total. The van der Waals surface area contributed by atoms with Gasteiger partial charge >= 0.3 is 5.97 Å². The quantitative estimate of drug-likeness (QED) is 0.887. The van der Waals surface area contributed by atoms with Gasteiger partial charge in [0.2, 0.25) is 0 Å². The number of benzene rings is 1. The average Bonchev–Trinajstić information content (AvgIpc) is 2.67. The van der Waals surface area contributed by atoms with Gasteiger partial charge in [-0.3, -0.25) is 4.90 Å². The Balaban J connectivity index is 1.97. The van der Waals surface area contributed by atoms with E-state index in [2.05, 4.69) is 11.8 Å². The van der Waals surface area contributed by atoms with Crippen LogP contribution in [0.5, 0.6) is 0 Å². The zero-order valence-corrected chi connectivity index (χ0v) is 13.3. The van der Waals surface area contributed by atoms with Crippen LogP contribution in [0.25, 0.3) is 0 Å². The van der Waals surface area contributed by atoms with Crippen LogP contribution in [0.15, 0.2) is 18.2 Å². The third-order valence-electron chi connectivity index (χ3n) is 4.62. The molecule has 1 aliphatic heterocycles. The summed E-state index contributed by atoms with van der Waals surface area (Å²) in [7, 11) is 0. The van der Waals surface area contributed by atoms with Gasteiger partial charge in [-0.15, -0.1) is 0 Å². The van der Waals surface area contributed by atoms with Gasteiger partial charge in [0, 0.05) is 6.54 Å². The summed E-state index contributed by atoms with van der Waals surface area (Å²) in [6, 6.07) is 5.49. The van der Waals surface area contributed by atoms with Crippen LogP contribution in [0.2, 0.25) is 0 Å². The second kappa shape index (κ2) is 7.60. The lowest BCUT2D eigenvalue weighted by Crippen LogP contribution is -2.24. The van der Waals surface area contributed by atoms with Crippen LogP contribution in [0.3, 0.4) is 0 Å². The summed E-state index contributed by atoms with van der Waals surface area (Å²) < 4.78 is 0. The number of carbonyl (C=O) groups is 1. The summed E-state index contributed by atoms with van der Waals surface area (Å²) in [5.41, 5.74) is 2.73. The van der Waals surface area contributed by atoms with Crippen molar-refractivity contribution in [1.82, 2.24) is 4.90 Å². The Morgan fingerprint density at radius 2 is 2.14 bits per heavy atom. The van der Waals surface area contributed by atoms with Crippen LogP contribution in [0.1, 0.15) is 60.5 Å². The van der Waals surface area contributed by atoms with E-state index < -0.39 is 5.97 Å². The lowest BCUT2D eigenvalue weighted by atomic mass is 9.96. The first-order chi connectivity index (χ1) is 10.1. The van der Waals surface area contributed by atoms with Crippen LogP contribution in [0, 0.1) is 12.8 Å². The number of nitrogens with zero attached hydrogens (tertiary/aromatic N) is 1. The largest absolute Gasteiger partial charge is 0.478 e. The van der Waals surface area contributed by atoms with Crippen molar-refractivity contribution in [2.24, 2.45) is 5.92 Å². The highest BCUT2D eigenvalue weighted by atomic mass is 16.4. The molecule has 116 valence electrons. The van der Waals surface area contributed by atoms with E-state index in [0.29, 0.717) is 5.56 Å². The monoisotopic (exact) mass is 289 g/mol.